The van der Waals surface area contributed by atoms with E-state index in [9.17, 15) is 14.7 Å². The van der Waals surface area contributed by atoms with E-state index in [4.69, 9.17) is 9.63 Å². The van der Waals surface area contributed by atoms with Crippen molar-refractivity contribution in [3.8, 4) is 17.1 Å². The number of carbonyl (C=O) groups excluding carboxylic acids is 1. The summed E-state index contributed by atoms with van der Waals surface area (Å²) in [5, 5.41) is 25.5. The number of aromatic hydroxyl groups is 1. The zero-order valence-corrected chi connectivity index (χ0v) is 14.5. The highest BCUT2D eigenvalue weighted by Gasteiger charge is 2.25. The van der Waals surface area contributed by atoms with E-state index < -0.39 is 5.97 Å². The molecule has 138 valence electrons. The number of carboxylic acids is 1. The Morgan fingerprint density at radius 2 is 2.11 bits per heavy atom. The Bertz CT molecular complexity index is 1000. The Balaban J connectivity index is 1.46. The Kier molecular flexibility index (Phi) is 4.27. The predicted molar refractivity (Wildman–Crippen MR) is 95.9 cm³/mol. The van der Waals surface area contributed by atoms with Gasteiger partial charge in [0.05, 0.1) is 17.0 Å². The number of phenols is 1. The number of fused-ring (bicyclic) bond motifs is 3. The summed E-state index contributed by atoms with van der Waals surface area (Å²) >= 11 is 0. The standard InChI is InChI=1S/C20H18N2O5/c23-12-5-7-13-11(10-12)4-6-14-17(22-27-19(13)14)8-9-18(24)21-16-3-1-2-15(16)20(25)26/h1,3,5,7,10,23H,2,4,6,8-9H2,(H,21,24)(H,25,26). The monoisotopic (exact) mass is 366 g/mol. The van der Waals surface area contributed by atoms with Crippen molar-refractivity contribution in [1.29, 1.82) is 0 Å². The minimum absolute atomic E-state index is 0.186. The van der Waals surface area contributed by atoms with Crippen LogP contribution in [-0.4, -0.2) is 27.2 Å². The van der Waals surface area contributed by atoms with Gasteiger partial charge in [-0.05, 0) is 49.1 Å². The maximum atomic E-state index is 12.2. The summed E-state index contributed by atoms with van der Waals surface area (Å²) in [6.45, 7) is 0. The number of nitrogens with zero attached hydrogens (tertiary/aromatic N) is 1. The molecule has 0 atom stereocenters. The number of carboxylic acid groups (broad SMARTS) is 1. The molecule has 0 bridgehead atoms. The summed E-state index contributed by atoms with van der Waals surface area (Å²) < 4.78 is 5.51. The molecular formula is C20H18N2O5. The van der Waals surface area contributed by atoms with Crippen molar-refractivity contribution in [3.63, 3.8) is 0 Å². The van der Waals surface area contributed by atoms with Gasteiger partial charge >= 0.3 is 5.97 Å². The van der Waals surface area contributed by atoms with Crippen LogP contribution in [0.1, 0.15) is 29.7 Å². The SMILES string of the molecule is O=C(CCc1noc2c1CCc1cc(O)ccc1-2)NC1=C(C(=O)O)CC=C1. The van der Waals surface area contributed by atoms with Crippen molar-refractivity contribution in [2.75, 3.05) is 0 Å². The van der Waals surface area contributed by atoms with Crippen molar-refractivity contribution in [2.45, 2.75) is 32.1 Å². The van der Waals surface area contributed by atoms with E-state index in [2.05, 4.69) is 10.5 Å². The van der Waals surface area contributed by atoms with Gasteiger partial charge in [-0.3, -0.25) is 4.79 Å². The molecule has 0 saturated carbocycles. The van der Waals surface area contributed by atoms with Crippen LogP contribution in [0.15, 0.2) is 46.1 Å². The molecule has 0 aliphatic heterocycles. The molecule has 2 aliphatic rings. The second kappa shape index (κ2) is 6.75. The van der Waals surface area contributed by atoms with Crippen molar-refractivity contribution in [2.24, 2.45) is 0 Å². The fourth-order valence-corrected chi connectivity index (χ4v) is 3.55. The molecule has 7 heteroatoms. The van der Waals surface area contributed by atoms with Gasteiger partial charge < -0.3 is 20.1 Å². The Morgan fingerprint density at radius 1 is 1.26 bits per heavy atom. The summed E-state index contributed by atoms with van der Waals surface area (Å²) in [7, 11) is 0. The molecule has 1 aromatic carbocycles. The van der Waals surface area contributed by atoms with Crippen LogP contribution in [0, 0.1) is 0 Å². The molecule has 1 heterocycles. The highest BCUT2D eigenvalue weighted by molar-refractivity contribution is 5.91. The van der Waals surface area contributed by atoms with Gasteiger partial charge in [0.2, 0.25) is 5.91 Å². The fourth-order valence-electron chi connectivity index (χ4n) is 3.55. The van der Waals surface area contributed by atoms with Crippen LogP contribution in [0.4, 0.5) is 0 Å². The average molecular weight is 366 g/mol. The molecule has 0 fully saturated rings. The quantitative estimate of drug-likeness (QED) is 0.749. The number of benzene rings is 1. The number of amides is 1. The largest absolute Gasteiger partial charge is 0.508 e. The summed E-state index contributed by atoms with van der Waals surface area (Å²) in [6.07, 6.45) is 5.76. The number of nitrogens with one attached hydrogen (secondary N) is 1. The lowest BCUT2D eigenvalue weighted by Gasteiger charge is -2.15. The molecule has 1 amide bonds. The molecule has 2 aromatic rings. The Morgan fingerprint density at radius 3 is 2.93 bits per heavy atom. The van der Waals surface area contributed by atoms with E-state index in [0.29, 0.717) is 24.3 Å². The van der Waals surface area contributed by atoms with Gasteiger partial charge in [0, 0.05) is 24.0 Å². The van der Waals surface area contributed by atoms with Gasteiger partial charge in [-0.1, -0.05) is 11.2 Å². The number of aliphatic carboxylic acids is 1. The molecule has 0 saturated heterocycles. The maximum Gasteiger partial charge on any atom is 0.333 e. The van der Waals surface area contributed by atoms with Crippen molar-refractivity contribution in [3.05, 3.63) is 58.4 Å². The van der Waals surface area contributed by atoms with E-state index in [1.807, 2.05) is 6.07 Å². The third kappa shape index (κ3) is 3.23. The Hall–Kier alpha value is -3.35. The van der Waals surface area contributed by atoms with Crippen LogP contribution >= 0.6 is 0 Å². The third-order valence-corrected chi connectivity index (χ3v) is 4.90. The molecule has 27 heavy (non-hydrogen) atoms. The fraction of sp³-hybridized carbons (Fsp3) is 0.250. The van der Waals surface area contributed by atoms with Gasteiger partial charge in [-0.25, -0.2) is 4.79 Å². The van der Waals surface area contributed by atoms with E-state index in [0.717, 1.165) is 35.2 Å². The van der Waals surface area contributed by atoms with Gasteiger partial charge in [-0.15, -0.1) is 0 Å². The number of aryl methyl sites for hydroxylation is 2. The van der Waals surface area contributed by atoms with Crippen molar-refractivity contribution >= 4 is 11.9 Å². The van der Waals surface area contributed by atoms with E-state index in [1.54, 1.807) is 24.3 Å². The lowest BCUT2D eigenvalue weighted by atomic mass is 9.89. The summed E-state index contributed by atoms with van der Waals surface area (Å²) in [6, 6.07) is 5.17. The minimum Gasteiger partial charge on any atom is -0.508 e. The van der Waals surface area contributed by atoms with Gasteiger partial charge in [0.1, 0.15) is 5.75 Å². The van der Waals surface area contributed by atoms with Crippen LogP contribution in [0.25, 0.3) is 11.3 Å². The lowest BCUT2D eigenvalue weighted by molar-refractivity contribution is -0.132. The molecule has 2 aliphatic carbocycles. The molecule has 0 radical (unpaired) electrons. The first kappa shape index (κ1) is 17.1. The van der Waals surface area contributed by atoms with Crippen LogP contribution < -0.4 is 5.32 Å². The maximum absolute atomic E-state index is 12.2. The number of allylic oxidation sites excluding steroid dienone is 2. The second-order valence-corrected chi connectivity index (χ2v) is 6.63. The third-order valence-electron chi connectivity index (χ3n) is 4.90. The predicted octanol–water partition coefficient (Wildman–Crippen LogP) is 2.49. The Labute approximate surface area is 155 Å². The first-order valence-corrected chi connectivity index (χ1v) is 8.75. The number of carbonyl (C=O) groups is 2. The minimum atomic E-state index is -1.02. The summed E-state index contributed by atoms with van der Waals surface area (Å²) in [5.74, 6) is -0.357. The van der Waals surface area contributed by atoms with Crippen LogP contribution in [0.5, 0.6) is 5.75 Å². The highest BCUT2D eigenvalue weighted by atomic mass is 16.5. The number of phenolic OH excluding ortho intramolecular Hbond substituents is 1. The van der Waals surface area contributed by atoms with Crippen LogP contribution in [0.3, 0.4) is 0 Å². The van der Waals surface area contributed by atoms with E-state index >= 15 is 0 Å². The smallest absolute Gasteiger partial charge is 0.333 e. The average Bonchev–Trinajstić information content (AvgIpc) is 3.26. The summed E-state index contributed by atoms with van der Waals surface area (Å²) in [4.78, 5) is 23.3. The van der Waals surface area contributed by atoms with Crippen LogP contribution in [0.2, 0.25) is 0 Å². The van der Waals surface area contributed by atoms with E-state index in [1.165, 1.54) is 0 Å². The molecule has 7 nitrogen and oxygen atoms in total. The molecule has 1 aromatic heterocycles. The van der Waals surface area contributed by atoms with Gasteiger partial charge in [0.25, 0.3) is 0 Å². The molecule has 0 unspecified atom stereocenters. The zero-order valence-electron chi connectivity index (χ0n) is 14.5. The number of rotatable bonds is 5. The van der Waals surface area contributed by atoms with Gasteiger partial charge in [-0.2, -0.15) is 0 Å². The number of hydrogen-bond donors (Lipinski definition) is 3. The van der Waals surface area contributed by atoms with Crippen LogP contribution in [-0.2, 0) is 28.9 Å². The van der Waals surface area contributed by atoms with Gasteiger partial charge in [0.15, 0.2) is 5.76 Å². The first-order chi connectivity index (χ1) is 13.0. The zero-order chi connectivity index (χ0) is 19.0. The van der Waals surface area contributed by atoms with E-state index in [-0.39, 0.29) is 23.7 Å². The number of aromatic nitrogens is 1. The first-order valence-electron chi connectivity index (χ1n) is 8.75. The lowest BCUT2D eigenvalue weighted by Crippen LogP contribution is -2.24. The second-order valence-electron chi connectivity index (χ2n) is 6.63. The highest BCUT2D eigenvalue weighted by Crippen LogP contribution is 2.37. The van der Waals surface area contributed by atoms with Crippen molar-refractivity contribution in [1.82, 2.24) is 10.5 Å². The summed E-state index contributed by atoms with van der Waals surface area (Å²) in [5.41, 5.74) is 4.22. The normalized spacial score (nSPS) is 14.8. The molecule has 4 rings (SSSR count). The topological polar surface area (TPSA) is 113 Å². The molecule has 0 spiro atoms. The van der Waals surface area contributed by atoms with Crippen molar-refractivity contribution < 1.29 is 24.3 Å². The molecular weight excluding hydrogens is 348 g/mol. The molecule has 3 N–H and O–H groups in total. The number of hydrogen-bond acceptors (Lipinski definition) is 5.